The fourth-order valence-electron chi connectivity index (χ4n) is 1.97. The Labute approximate surface area is 113 Å². The first kappa shape index (κ1) is 13.9. The summed E-state index contributed by atoms with van der Waals surface area (Å²) in [7, 11) is -3.34. The Morgan fingerprint density at radius 3 is 2.89 bits per heavy atom. The number of thioether (sulfide) groups is 1. The van der Waals surface area contributed by atoms with Crippen molar-refractivity contribution in [2.24, 2.45) is 0 Å². The van der Waals surface area contributed by atoms with Crippen LogP contribution in [-0.2, 0) is 10.0 Å². The molecule has 18 heavy (non-hydrogen) atoms. The summed E-state index contributed by atoms with van der Waals surface area (Å²) in [6, 6.07) is 7.15. The lowest BCUT2D eigenvalue weighted by Gasteiger charge is -2.19. The molecular weight excluding hydrogens is 268 g/mol. The molecule has 0 atom stereocenters. The van der Waals surface area contributed by atoms with Crippen LogP contribution in [0.25, 0.3) is 0 Å². The van der Waals surface area contributed by atoms with E-state index in [1.807, 2.05) is 12.3 Å². The largest absolute Gasteiger partial charge is 0.315 e. The predicted molar refractivity (Wildman–Crippen MR) is 74.5 cm³/mol. The van der Waals surface area contributed by atoms with Gasteiger partial charge in [0.15, 0.2) is 0 Å². The zero-order valence-electron chi connectivity index (χ0n) is 10.4. The van der Waals surface area contributed by atoms with Gasteiger partial charge in [-0.15, -0.1) is 11.8 Å². The van der Waals surface area contributed by atoms with Gasteiger partial charge in [0.05, 0.1) is 4.90 Å². The number of sulfonamides is 1. The fourth-order valence-corrected chi connectivity index (χ4v) is 4.03. The van der Waals surface area contributed by atoms with E-state index in [9.17, 15) is 8.42 Å². The number of nitrogens with one attached hydrogen (secondary N) is 1. The maximum atomic E-state index is 12.5. The average Bonchev–Trinajstić information content (AvgIpc) is 2.68. The lowest BCUT2D eigenvalue weighted by molar-refractivity contribution is 0.432. The van der Waals surface area contributed by atoms with Gasteiger partial charge in [0, 0.05) is 24.5 Å². The van der Waals surface area contributed by atoms with Crippen LogP contribution in [0.5, 0.6) is 0 Å². The molecule has 1 heterocycles. The highest BCUT2D eigenvalue weighted by Gasteiger charge is 2.24. The van der Waals surface area contributed by atoms with Gasteiger partial charge in [-0.3, -0.25) is 0 Å². The van der Waals surface area contributed by atoms with E-state index in [0.29, 0.717) is 18.0 Å². The number of benzene rings is 1. The molecule has 1 saturated heterocycles. The van der Waals surface area contributed by atoms with Gasteiger partial charge in [-0.25, -0.2) is 8.42 Å². The van der Waals surface area contributed by atoms with Crippen molar-refractivity contribution in [2.75, 3.05) is 32.4 Å². The van der Waals surface area contributed by atoms with Crippen LogP contribution in [0.15, 0.2) is 34.1 Å². The Morgan fingerprint density at radius 1 is 1.28 bits per heavy atom. The molecule has 100 valence electrons. The van der Waals surface area contributed by atoms with Gasteiger partial charge in [0.25, 0.3) is 0 Å². The van der Waals surface area contributed by atoms with E-state index in [-0.39, 0.29) is 0 Å². The second kappa shape index (κ2) is 6.06. The quantitative estimate of drug-likeness (QED) is 0.853. The molecule has 2 rings (SSSR count). The average molecular weight is 286 g/mol. The van der Waals surface area contributed by atoms with Gasteiger partial charge in [0.1, 0.15) is 0 Å². The number of hydrogen-bond acceptors (Lipinski definition) is 4. The fraction of sp³-hybridized carbons (Fsp3) is 0.500. The Hall–Kier alpha value is -0.560. The van der Waals surface area contributed by atoms with Crippen LogP contribution >= 0.6 is 11.8 Å². The third kappa shape index (κ3) is 3.06. The van der Waals surface area contributed by atoms with Crippen molar-refractivity contribution in [3.63, 3.8) is 0 Å². The Balaban J connectivity index is 2.28. The van der Waals surface area contributed by atoms with Crippen LogP contribution < -0.4 is 5.32 Å². The second-order valence-electron chi connectivity index (χ2n) is 4.19. The van der Waals surface area contributed by atoms with Crippen molar-refractivity contribution in [1.82, 2.24) is 9.62 Å². The normalized spacial score (nSPS) is 18.5. The first-order chi connectivity index (χ1) is 8.64. The summed E-state index contributed by atoms with van der Waals surface area (Å²) in [4.78, 5) is 1.38. The highest BCUT2D eigenvalue weighted by Crippen LogP contribution is 2.22. The molecule has 6 heteroatoms. The number of nitrogens with zero attached hydrogens (tertiary/aromatic N) is 1. The molecule has 0 saturated carbocycles. The topological polar surface area (TPSA) is 49.4 Å². The monoisotopic (exact) mass is 286 g/mol. The molecule has 1 aromatic carbocycles. The molecule has 1 fully saturated rings. The molecule has 0 radical (unpaired) electrons. The zero-order chi connectivity index (χ0) is 13.0. The highest BCUT2D eigenvalue weighted by atomic mass is 32.2. The molecule has 4 nitrogen and oxygen atoms in total. The van der Waals surface area contributed by atoms with E-state index in [4.69, 9.17) is 0 Å². The molecule has 1 aliphatic rings. The van der Waals surface area contributed by atoms with Crippen LogP contribution in [0.1, 0.15) is 6.42 Å². The smallest absolute Gasteiger partial charge is 0.243 e. The van der Waals surface area contributed by atoms with Gasteiger partial charge < -0.3 is 5.32 Å². The second-order valence-corrected chi connectivity index (χ2v) is 7.00. The summed E-state index contributed by atoms with van der Waals surface area (Å²) in [5.74, 6) is 0. The van der Waals surface area contributed by atoms with Crippen molar-refractivity contribution < 1.29 is 8.42 Å². The SMILES string of the molecule is CSc1cccc(S(=O)(=O)N2CCCNCC2)c1. The number of rotatable bonds is 3. The highest BCUT2D eigenvalue weighted by molar-refractivity contribution is 7.98. The van der Waals surface area contributed by atoms with Crippen LogP contribution in [0.2, 0.25) is 0 Å². The van der Waals surface area contributed by atoms with Crippen LogP contribution in [0.4, 0.5) is 0 Å². The molecule has 0 amide bonds. The summed E-state index contributed by atoms with van der Waals surface area (Å²) >= 11 is 1.55. The standard InChI is InChI=1S/C12H18N2O2S2/c1-17-11-4-2-5-12(10-11)18(15,16)14-8-3-6-13-7-9-14/h2,4-5,10,13H,3,6-9H2,1H3. The first-order valence-electron chi connectivity index (χ1n) is 5.99. The summed E-state index contributed by atoms with van der Waals surface area (Å²) in [5.41, 5.74) is 0. The lowest BCUT2D eigenvalue weighted by atomic mass is 10.4. The summed E-state index contributed by atoms with van der Waals surface area (Å²) < 4.78 is 26.6. The van der Waals surface area contributed by atoms with Crippen molar-refractivity contribution in [3.05, 3.63) is 24.3 Å². The van der Waals surface area contributed by atoms with E-state index in [1.54, 1.807) is 34.3 Å². The molecule has 1 aliphatic heterocycles. The van der Waals surface area contributed by atoms with Crippen LogP contribution in [-0.4, -0.2) is 45.2 Å². The van der Waals surface area contributed by atoms with Crippen LogP contribution in [0, 0.1) is 0 Å². The summed E-state index contributed by atoms with van der Waals surface area (Å²) in [6.07, 6.45) is 2.81. The van der Waals surface area contributed by atoms with Crippen molar-refractivity contribution >= 4 is 21.8 Å². The minimum Gasteiger partial charge on any atom is -0.315 e. The van der Waals surface area contributed by atoms with E-state index in [2.05, 4.69) is 5.32 Å². The predicted octanol–water partition coefficient (Wildman–Crippen LogP) is 1.39. The molecule has 0 aromatic heterocycles. The van der Waals surface area contributed by atoms with Gasteiger partial charge >= 0.3 is 0 Å². The third-order valence-electron chi connectivity index (χ3n) is 2.98. The van der Waals surface area contributed by atoms with Gasteiger partial charge in [-0.05, 0) is 37.4 Å². The van der Waals surface area contributed by atoms with E-state index in [1.165, 1.54) is 0 Å². The Kier molecular flexibility index (Phi) is 4.66. The van der Waals surface area contributed by atoms with E-state index < -0.39 is 10.0 Å². The van der Waals surface area contributed by atoms with E-state index >= 15 is 0 Å². The molecule has 0 spiro atoms. The minimum atomic E-state index is -3.34. The Morgan fingerprint density at radius 2 is 2.11 bits per heavy atom. The third-order valence-corrected chi connectivity index (χ3v) is 5.60. The molecule has 1 aromatic rings. The number of hydrogen-bond donors (Lipinski definition) is 1. The molecular formula is C12H18N2O2S2. The molecule has 1 N–H and O–H groups in total. The molecule has 0 bridgehead atoms. The minimum absolute atomic E-state index is 0.399. The first-order valence-corrected chi connectivity index (χ1v) is 8.66. The van der Waals surface area contributed by atoms with Crippen molar-refractivity contribution in [1.29, 1.82) is 0 Å². The van der Waals surface area contributed by atoms with Crippen molar-refractivity contribution in [3.8, 4) is 0 Å². The molecule has 0 aliphatic carbocycles. The summed E-state index contributed by atoms with van der Waals surface area (Å²) in [5, 5.41) is 3.21. The summed E-state index contributed by atoms with van der Waals surface area (Å²) in [6.45, 7) is 2.75. The lowest BCUT2D eigenvalue weighted by Crippen LogP contribution is -2.34. The molecule has 0 unspecified atom stereocenters. The zero-order valence-corrected chi connectivity index (χ0v) is 12.1. The maximum absolute atomic E-state index is 12.5. The van der Waals surface area contributed by atoms with Gasteiger partial charge in [0.2, 0.25) is 10.0 Å². The Bertz CT molecular complexity index is 495. The van der Waals surface area contributed by atoms with Crippen molar-refractivity contribution in [2.45, 2.75) is 16.2 Å². The van der Waals surface area contributed by atoms with Crippen LogP contribution in [0.3, 0.4) is 0 Å². The van der Waals surface area contributed by atoms with E-state index in [0.717, 1.165) is 24.4 Å². The van der Waals surface area contributed by atoms with Gasteiger partial charge in [-0.2, -0.15) is 4.31 Å². The maximum Gasteiger partial charge on any atom is 0.243 e. The van der Waals surface area contributed by atoms with Gasteiger partial charge in [-0.1, -0.05) is 6.07 Å².